The standard InChI is InChI=1S/C36H42N2O4/c1-15-17(3)21(7)31-25(19(15)5)27(23(9)37(31)11)29-33(39)36(42-14)30(34(40)35(29)41-13)28-24(10)38(12)32-22(8)18(4)16(2)20(6)26(28)32/h1-14H3. The van der Waals surface area contributed by atoms with Gasteiger partial charge in [-0.25, -0.2) is 0 Å². The molecule has 0 unspecified atom stereocenters. The number of hydrogen-bond donors (Lipinski definition) is 0. The molecule has 0 amide bonds. The molecule has 0 aliphatic heterocycles. The van der Waals surface area contributed by atoms with Crippen molar-refractivity contribution in [3.8, 4) is 0 Å². The minimum atomic E-state index is -0.343. The first-order valence-electron chi connectivity index (χ1n) is 14.4. The molecule has 0 spiro atoms. The van der Waals surface area contributed by atoms with Crippen LogP contribution in [0.4, 0.5) is 0 Å². The summed E-state index contributed by atoms with van der Waals surface area (Å²) >= 11 is 0. The molecule has 6 nitrogen and oxygen atoms in total. The number of ketones is 2. The Bertz CT molecular complexity index is 1840. The number of hydrogen-bond acceptors (Lipinski definition) is 4. The number of benzene rings is 2. The molecule has 0 fully saturated rings. The number of methoxy groups -OCH3 is 2. The molecule has 220 valence electrons. The molecule has 0 radical (unpaired) electrons. The molecule has 1 aliphatic rings. The average Bonchev–Trinajstić information content (AvgIpc) is 3.37. The predicted molar refractivity (Wildman–Crippen MR) is 171 cm³/mol. The van der Waals surface area contributed by atoms with Gasteiger partial charge in [-0.05, 0) is 114 Å². The lowest BCUT2D eigenvalue weighted by Gasteiger charge is -2.24. The van der Waals surface area contributed by atoms with Gasteiger partial charge in [-0.3, -0.25) is 9.59 Å². The highest BCUT2D eigenvalue weighted by molar-refractivity contribution is 6.48. The Kier molecular flexibility index (Phi) is 6.84. The fourth-order valence-electron chi connectivity index (χ4n) is 7.18. The lowest BCUT2D eigenvalue weighted by atomic mass is 9.82. The van der Waals surface area contributed by atoms with Crippen LogP contribution < -0.4 is 0 Å². The normalized spacial score (nSPS) is 14.3. The van der Waals surface area contributed by atoms with E-state index in [4.69, 9.17) is 9.47 Å². The summed E-state index contributed by atoms with van der Waals surface area (Å²) < 4.78 is 16.0. The molecule has 2 aromatic carbocycles. The molecule has 5 rings (SSSR count). The zero-order chi connectivity index (χ0) is 31.3. The number of rotatable bonds is 4. The first-order chi connectivity index (χ1) is 19.6. The van der Waals surface area contributed by atoms with Crippen LogP contribution in [0.3, 0.4) is 0 Å². The molecule has 0 N–H and O–H groups in total. The first-order valence-corrected chi connectivity index (χ1v) is 14.4. The third kappa shape index (κ3) is 3.50. The van der Waals surface area contributed by atoms with Gasteiger partial charge in [-0.1, -0.05) is 0 Å². The minimum absolute atomic E-state index is 0.0521. The monoisotopic (exact) mass is 566 g/mol. The Morgan fingerprint density at radius 1 is 0.452 bits per heavy atom. The third-order valence-corrected chi connectivity index (χ3v) is 10.4. The smallest absolute Gasteiger partial charge is 0.232 e. The van der Waals surface area contributed by atoms with E-state index in [1.165, 1.54) is 36.5 Å². The summed E-state index contributed by atoms with van der Waals surface area (Å²) in [4.78, 5) is 29.3. The Morgan fingerprint density at radius 2 is 0.738 bits per heavy atom. The topological polar surface area (TPSA) is 62.5 Å². The summed E-state index contributed by atoms with van der Waals surface area (Å²) in [5.74, 6) is -0.582. The van der Waals surface area contributed by atoms with E-state index in [-0.39, 0.29) is 34.2 Å². The maximum atomic E-state index is 14.6. The maximum absolute atomic E-state index is 14.6. The predicted octanol–water partition coefficient (Wildman–Crippen LogP) is 7.32. The zero-order valence-corrected chi connectivity index (χ0v) is 27.5. The molecule has 2 heterocycles. The molecular weight excluding hydrogens is 524 g/mol. The second-order valence-electron chi connectivity index (χ2n) is 12.0. The molecule has 42 heavy (non-hydrogen) atoms. The van der Waals surface area contributed by atoms with Crippen molar-refractivity contribution in [3.05, 3.63) is 78.5 Å². The van der Waals surface area contributed by atoms with Gasteiger partial charge in [0.05, 0.1) is 36.4 Å². The van der Waals surface area contributed by atoms with E-state index in [0.29, 0.717) is 0 Å². The zero-order valence-electron chi connectivity index (χ0n) is 27.5. The number of Topliss-reactive ketones (excluding diaryl/α,β-unsaturated/α-hetero) is 2. The van der Waals surface area contributed by atoms with Gasteiger partial charge >= 0.3 is 0 Å². The van der Waals surface area contributed by atoms with E-state index in [1.807, 2.05) is 27.9 Å². The Labute approximate surface area is 248 Å². The summed E-state index contributed by atoms with van der Waals surface area (Å²) in [6, 6.07) is 0. The molecule has 6 heteroatoms. The molecule has 0 atom stereocenters. The summed E-state index contributed by atoms with van der Waals surface area (Å²) in [6.07, 6.45) is 0. The van der Waals surface area contributed by atoms with Crippen molar-refractivity contribution < 1.29 is 19.1 Å². The van der Waals surface area contributed by atoms with Gasteiger partial charge in [0.2, 0.25) is 11.6 Å². The van der Waals surface area contributed by atoms with Gasteiger partial charge < -0.3 is 18.6 Å². The lowest BCUT2D eigenvalue weighted by Crippen LogP contribution is -2.25. The highest BCUT2D eigenvalue weighted by atomic mass is 16.5. The van der Waals surface area contributed by atoms with Crippen molar-refractivity contribution >= 4 is 44.5 Å². The quantitative estimate of drug-likeness (QED) is 0.243. The van der Waals surface area contributed by atoms with Crippen LogP contribution in [0.2, 0.25) is 0 Å². The molecule has 2 aromatic heterocycles. The van der Waals surface area contributed by atoms with Crippen molar-refractivity contribution in [1.82, 2.24) is 9.13 Å². The van der Waals surface area contributed by atoms with Crippen LogP contribution in [0, 0.1) is 69.2 Å². The van der Waals surface area contributed by atoms with Gasteiger partial charge in [0.25, 0.3) is 0 Å². The van der Waals surface area contributed by atoms with Crippen LogP contribution >= 0.6 is 0 Å². The second kappa shape index (κ2) is 9.75. The number of ether oxygens (including phenoxy) is 2. The van der Waals surface area contributed by atoms with E-state index in [2.05, 4.69) is 64.5 Å². The van der Waals surface area contributed by atoms with E-state index in [1.54, 1.807) is 0 Å². The van der Waals surface area contributed by atoms with Crippen molar-refractivity contribution in [2.24, 2.45) is 14.1 Å². The van der Waals surface area contributed by atoms with Gasteiger partial charge in [-0.15, -0.1) is 0 Å². The van der Waals surface area contributed by atoms with E-state index in [9.17, 15) is 9.59 Å². The fourth-order valence-corrected chi connectivity index (χ4v) is 7.18. The summed E-state index contributed by atoms with van der Waals surface area (Å²) in [6.45, 7) is 20.9. The Balaban J connectivity index is 1.92. The van der Waals surface area contributed by atoms with Gasteiger partial charge in [0.15, 0.2) is 11.5 Å². The van der Waals surface area contributed by atoms with Gasteiger partial charge in [-0.2, -0.15) is 0 Å². The first kappa shape index (κ1) is 29.4. The second-order valence-corrected chi connectivity index (χ2v) is 12.0. The van der Waals surface area contributed by atoms with Crippen LogP contribution in [-0.4, -0.2) is 34.9 Å². The molecular formula is C36H42N2O4. The number of fused-ring (bicyclic) bond motifs is 2. The van der Waals surface area contributed by atoms with Crippen molar-refractivity contribution in [3.63, 3.8) is 0 Å². The Morgan fingerprint density at radius 3 is 1.02 bits per heavy atom. The number of allylic oxidation sites excluding steroid dienone is 2. The minimum Gasteiger partial charge on any atom is -0.492 e. The third-order valence-electron chi connectivity index (χ3n) is 10.4. The molecule has 4 aromatic rings. The van der Waals surface area contributed by atoms with E-state index >= 15 is 0 Å². The van der Waals surface area contributed by atoms with E-state index in [0.717, 1.165) is 66.6 Å². The van der Waals surface area contributed by atoms with Crippen molar-refractivity contribution in [2.45, 2.75) is 69.2 Å². The highest BCUT2D eigenvalue weighted by Gasteiger charge is 2.42. The van der Waals surface area contributed by atoms with Crippen molar-refractivity contribution in [2.75, 3.05) is 14.2 Å². The van der Waals surface area contributed by atoms with Crippen LogP contribution in [0.1, 0.15) is 67.0 Å². The molecule has 0 saturated carbocycles. The molecule has 0 bridgehead atoms. The summed E-state index contributed by atoms with van der Waals surface area (Å²) in [5.41, 5.74) is 15.2. The summed E-state index contributed by atoms with van der Waals surface area (Å²) in [5, 5.41) is 1.94. The summed E-state index contributed by atoms with van der Waals surface area (Å²) in [7, 11) is 6.97. The van der Waals surface area contributed by atoms with Gasteiger partial charge in [0.1, 0.15) is 0 Å². The number of aryl methyl sites for hydroxylation is 6. The highest BCUT2D eigenvalue weighted by Crippen LogP contribution is 2.46. The number of carbonyl (C=O) groups is 2. The largest absolute Gasteiger partial charge is 0.492 e. The van der Waals surface area contributed by atoms with Crippen LogP contribution in [0.5, 0.6) is 0 Å². The Hall–Kier alpha value is -4.06. The average molecular weight is 567 g/mol. The maximum Gasteiger partial charge on any atom is 0.232 e. The molecule has 1 aliphatic carbocycles. The lowest BCUT2D eigenvalue weighted by molar-refractivity contribution is -0.117. The number of carbonyl (C=O) groups excluding carboxylic acids is 2. The van der Waals surface area contributed by atoms with Crippen molar-refractivity contribution in [1.29, 1.82) is 0 Å². The van der Waals surface area contributed by atoms with Crippen LogP contribution in [-0.2, 0) is 33.2 Å². The van der Waals surface area contributed by atoms with Crippen LogP contribution in [0.25, 0.3) is 33.0 Å². The SMILES string of the molecule is COC1=C(c2c(C)n(C)c3c(C)c(C)c(C)c(C)c23)C(=O)C(OC)=C(c2c(C)n(C)c3c(C)c(C)c(C)c(C)c23)C1=O. The van der Waals surface area contributed by atoms with E-state index < -0.39 is 0 Å². The van der Waals surface area contributed by atoms with Crippen LogP contribution in [0.15, 0.2) is 11.5 Å². The number of aromatic nitrogens is 2. The number of nitrogens with zero attached hydrogens (tertiary/aromatic N) is 2. The fraction of sp³-hybridized carbons (Fsp3) is 0.389. The van der Waals surface area contributed by atoms with Gasteiger partial charge in [0, 0.05) is 47.4 Å². The molecule has 0 saturated heterocycles.